The van der Waals surface area contributed by atoms with E-state index in [4.69, 9.17) is 9.47 Å². The van der Waals surface area contributed by atoms with Crippen LogP contribution in [0.15, 0.2) is 34.2 Å². The Kier molecular flexibility index (Phi) is 4.58. The van der Waals surface area contributed by atoms with E-state index in [1.165, 1.54) is 11.8 Å². The number of hydrogen-bond acceptors (Lipinski definition) is 6. The van der Waals surface area contributed by atoms with Gasteiger partial charge in [-0.15, -0.1) is 0 Å². The number of anilines is 1. The fourth-order valence-corrected chi connectivity index (χ4v) is 4.30. The maximum atomic E-state index is 12.4. The van der Waals surface area contributed by atoms with Gasteiger partial charge >= 0.3 is 0 Å². The number of carbonyl (C=O) groups is 1. The second-order valence-electron chi connectivity index (χ2n) is 6.27. The van der Waals surface area contributed by atoms with Crippen molar-refractivity contribution in [1.29, 1.82) is 0 Å². The zero-order valence-electron chi connectivity index (χ0n) is 14.4. The van der Waals surface area contributed by atoms with Crippen molar-refractivity contribution in [3.63, 3.8) is 0 Å². The van der Waals surface area contributed by atoms with Crippen LogP contribution < -0.4 is 20.3 Å². The predicted molar refractivity (Wildman–Crippen MR) is 98.1 cm³/mol. The third-order valence-corrected chi connectivity index (χ3v) is 5.42. The Balaban J connectivity index is 1.46. The van der Waals surface area contributed by atoms with Gasteiger partial charge in [0.1, 0.15) is 0 Å². The van der Waals surface area contributed by atoms with Crippen molar-refractivity contribution in [3.05, 3.63) is 40.3 Å². The lowest BCUT2D eigenvalue weighted by Crippen LogP contribution is -2.27. The molecule has 3 heterocycles. The van der Waals surface area contributed by atoms with Crippen LogP contribution in [-0.2, 0) is 11.2 Å². The van der Waals surface area contributed by atoms with Gasteiger partial charge in [0, 0.05) is 35.7 Å². The lowest BCUT2D eigenvalue weighted by atomic mass is 10.2. The van der Waals surface area contributed by atoms with Gasteiger partial charge < -0.3 is 14.8 Å². The summed E-state index contributed by atoms with van der Waals surface area (Å²) in [6, 6.07) is 6.68. The maximum Gasteiger partial charge on any atom is 0.254 e. The van der Waals surface area contributed by atoms with Gasteiger partial charge in [-0.25, -0.2) is 4.98 Å². The number of aryl methyl sites for hydroxylation is 1. The first-order valence-corrected chi connectivity index (χ1v) is 9.57. The van der Waals surface area contributed by atoms with Crippen molar-refractivity contribution >= 4 is 23.4 Å². The second-order valence-corrected chi connectivity index (χ2v) is 7.26. The Bertz CT molecular complexity index is 912. The van der Waals surface area contributed by atoms with Crippen molar-refractivity contribution < 1.29 is 14.3 Å². The Morgan fingerprint density at radius 2 is 2.19 bits per heavy atom. The molecule has 8 heteroatoms. The van der Waals surface area contributed by atoms with E-state index in [1.807, 2.05) is 0 Å². The Hall–Kier alpha value is -2.48. The van der Waals surface area contributed by atoms with Gasteiger partial charge in [-0.1, -0.05) is 25.1 Å². The number of aromatic nitrogens is 2. The topological polar surface area (TPSA) is 82.5 Å². The number of nitrogens with one attached hydrogen (secondary N) is 1. The number of carbonyl (C=O) groups excluding carboxylic acids is 1. The van der Waals surface area contributed by atoms with Crippen molar-refractivity contribution in [1.82, 2.24) is 9.55 Å². The highest BCUT2D eigenvalue weighted by molar-refractivity contribution is 7.99. The Labute approximate surface area is 154 Å². The molecule has 0 saturated heterocycles. The smallest absolute Gasteiger partial charge is 0.254 e. The minimum absolute atomic E-state index is 0.0793. The van der Waals surface area contributed by atoms with Gasteiger partial charge in [0.2, 0.25) is 12.7 Å². The van der Waals surface area contributed by atoms with Crippen LogP contribution in [0.25, 0.3) is 0 Å². The summed E-state index contributed by atoms with van der Waals surface area (Å²) in [5, 5.41) is 3.57. The molecule has 1 amide bonds. The molecule has 0 aliphatic carbocycles. The van der Waals surface area contributed by atoms with Crippen LogP contribution in [-0.4, -0.2) is 28.0 Å². The zero-order valence-corrected chi connectivity index (χ0v) is 15.2. The summed E-state index contributed by atoms with van der Waals surface area (Å²) >= 11 is 1.53. The molecule has 1 N–H and O–H groups in total. The largest absolute Gasteiger partial charge is 0.454 e. The molecule has 1 aromatic heterocycles. The van der Waals surface area contributed by atoms with Crippen molar-refractivity contribution in [3.8, 4) is 11.5 Å². The first-order valence-electron chi connectivity index (χ1n) is 8.59. The lowest BCUT2D eigenvalue weighted by molar-refractivity contribution is -0.116. The van der Waals surface area contributed by atoms with E-state index in [-0.39, 0.29) is 30.7 Å². The van der Waals surface area contributed by atoms with E-state index >= 15 is 0 Å². The molecule has 2 aliphatic heterocycles. The summed E-state index contributed by atoms with van der Waals surface area (Å²) in [5.41, 5.74) is 1.39. The van der Waals surface area contributed by atoms with Gasteiger partial charge in [0.05, 0.1) is 6.04 Å². The summed E-state index contributed by atoms with van der Waals surface area (Å²) < 4.78 is 12.2. The monoisotopic (exact) mass is 373 g/mol. The molecule has 1 unspecified atom stereocenters. The fraction of sp³-hybridized carbons (Fsp3) is 0.389. The zero-order chi connectivity index (χ0) is 18.1. The van der Waals surface area contributed by atoms with Crippen LogP contribution in [0, 0.1) is 0 Å². The molecule has 0 saturated carbocycles. The molecule has 136 valence electrons. The molecule has 2 aromatic rings. The van der Waals surface area contributed by atoms with E-state index in [9.17, 15) is 9.59 Å². The van der Waals surface area contributed by atoms with E-state index in [0.29, 0.717) is 28.1 Å². The number of nitrogens with zero attached hydrogens (tertiary/aromatic N) is 2. The number of thioether (sulfide) groups is 1. The molecule has 0 spiro atoms. The molecular weight excluding hydrogens is 354 g/mol. The third-order valence-electron chi connectivity index (χ3n) is 4.33. The van der Waals surface area contributed by atoms with Gasteiger partial charge in [0.15, 0.2) is 16.7 Å². The molecule has 0 radical (unpaired) electrons. The Morgan fingerprint density at radius 3 is 3.04 bits per heavy atom. The van der Waals surface area contributed by atoms with E-state index in [0.717, 1.165) is 18.5 Å². The van der Waals surface area contributed by atoms with Crippen molar-refractivity contribution in [2.75, 3.05) is 17.9 Å². The van der Waals surface area contributed by atoms with Gasteiger partial charge in [-0.3, -0.25) is 14.2 Å². The van der Waals surface area contributed by atoms with Crippen molar-refractivity contribution in [2.24, 2.45) is 0 Å². The second kappa shape index (κ2) is 7.03. The highest BCUT2D eigenvalue weighted by Crippen LogP contribution is 2.35. The summed E-state index contributed by atoms with van der Waals surface area (Å²) in [4.78, 5) is 29.4. The van der Waals surface area contributed by atoms with E-state index in [2.05, 4.69) is 17.2 Å². The van der Waals surface area contributed by atoms with E-state index < -0.39 is 0 Å². The quantitative estimate of drug-likeness (QED) is 0.812. The van der Waals surface area contributed by atoms with Crippen LogP contribution >= 0.6 is 11.8 Å². The third kappa shape index (κ3) is 3.29. The van der Waals surface area contributed by atoms with Gasteiger partial charge in [0.25, 0.3) is 5.56 Å². The van der Waals surface area contributed by atoms with E-state index in [1.54, 1.807) is 28.8 Å². The van der Waals surface area contributed by atoms with Gasteiger partial charge in [-0.2, -0.15) is 0 Å². The maximum absolute atomic E-state index is 12.4. The van der Waals surface area contributed by atoms with Gasteiger partial charge in [-0.05, 0) is 18.6 Å². The average Bonchev–Trinajstić information content (AvgIpc) is 3.22. The number of fused-ring (bicyclic) bond motifs is 2. The minimum Gasteiger partial charge on any atom is -0.454 e. The predicted octanol–water partition coefficient (Wildman–Crippen LogP) is 2.60. The van der Waals surface area contributed by atoms with Crippen LogP contribution in [0.5, 0.6) is 11.5 Å². The molecular formula is C18H19N3O4S. The number of amides is 1. The molecule has 4 rings (SSSR count). The molecule has 0 fully saturated rings. The SMILES string of the molecule is CCCc1cc(=O)n2c(n1)SCC2CC(=O)Nc1ccc2c(c1)OCO2. The minimum atomic E-state index is -0.181. The first kappa shape index (κ1) is 17.0. The molecule has 2 aliphatic rings. The molecule has 7 nitrogen and oxygen atoms in total. The summed E-state index contributed by atoms with van der Waals surface area (Å²) in [7, 11) is 0. The summed E-state index contributed by atoms with van der Waals surface area (Å²) in [6.45, 7) is 2.25. The number of hydrogen-bond donors (Lipinski definition) is 1. The van der Waals surface area contributed by atoms with Crippen molar-refractivity contribution in [2.45, 2.75) is 37.4 Å². The molecule has 0 bridgehead atoms. The lowest BCUT2D eigenvalue weighted by Gasteiger charge is -2.14. The standard InChI is InChI=1S/C18H19N3O4S/c1-2-3-11-7-17(23)21-13(9-26-18(21)20-11)8-16(22)19-12-4-5-14-15(6-12)25-10-24-14/h4-7,13H,2-3,8-10H2,1H3,(H,19,22). The van der Waals surface area contributed by atoms with Crippen LogP contribution in [0.4, 0.5) is 5.69 Å². The van der Waals surface area contributed by atoms with Crippen LogP contribution in [0.1, 0.15) is 31.5 Å². The Morgan fingerprint density at radius 1 is 1.35 bits per heavy atom. The number of ether oxygens (including phenoxy) is 2. The average molecular weight is 373 g/mol. The number of benzene rings is 1. The molecule has 1 atom stereocenters. The highest BCUT2D eigenvalue weighted by Gasteiger charge is 2.27. The normalized spacial score (nSPS) is 17.2. The first-order chi connectivity index (χ1) is 12.6. The summed E-state index contributed by atoms with van der Waals surface area (Å²) in [5.74, 6) is 1.82. The van der Waals surface area contributed by atoms with Crippen LogP contribution in [0.2, 0.25) is 0 Å². The molecule has 26 heavy (non-hydrogen) atoms. The summed E-state index contributed by atoms with van der Waals surface area (Å²) in [6.07, 6.45) is 1.96. The highest BCUT2D eigenvalue weighted by atomic mass is 32.2. The molecule has 1 aromatic carbocycles. The van der Waals surface area contributed by atoms with Crippen LogP contribution in [0.3, 0.4) is 0 Å². The number of rotatable bonds is 5. The fourth-order valence-electron chi connectivity index (χ4n) is 3.13.